The summed E-state index contributed by atoms with van der Waals surface area (Å²) in [5, 5.41) is 11.2. The van der Waals surface area contributed by atoms with E-state index in [1.807, 2.05) is 6.07 Å². The molecule has 0 spiro atoms. The van der Waals surface area contributed by atoms with Crippen molar-refractivity contribution in [1.29, 1.82) is 5.26 Å². The van der Waals surface area contributed by atoms with Crippen LogP contribution in [-0.4, -0.2) is 12.5 Å². The van der Waals surface area contributed by atoms with Gasteiger partial charge in [-0.1, -0.05) is 12.1 Å². The van der Waals surface area contributed by atoms with Gasteiger partial charge in [0.25, 0.3) is 5.91 Å². The fraction of sp³-hybridized carbons (Fsp3) is 0.0667. The minimum Gasteiger partial charge on any atom is -0.477 e. The number of nitrogens with zero attached hydrogens (tertiary/aromatic N) is 1. The van der Waals surface area contributed by atoms with E-state index in [2.05, 4.69) is 21.2 Å². The van der Waals surface area contributed by atoms with Gasteiger partial charge in [-0.05, 0) is 46.3 Å². The molecule has 0 bridgehead atoms. The monoisotopic (exact) mass is 348 g/mol. The van der Waals surface area contributed by atoms with Gasteiger partial charge in [0.05, 0.1) is 11.3 Å². The Bertz CT molecular complexity index is 713. The van der Waals surface area contributed by atoms with Crippen molar-refractivity contribution in [2.24, 2.45) is 0 Å². The Kier molecular flexibility index (Phi) is 4.90. The van der Waals surface area contributed by atoms with E-state index in [-0.39, 0.29) is 12.2 Å². The summed E-state index contributed by atoms with van der Waals surface area (Å²) in [4.78, 5) is 12.2. The lowest BCUT2D eigenvalue weighted by Gasteiger charge is -2.11. The molecule has 0 radical (unpaired) electrons. The minimum absolute atomic E-state index is 0.128. The molecule has 2 aromatic carbocycles. The number of carbonyl (C=O) groups excluding carboxylic acids is 1. The van der Waals surface area contributed by atoms with E-state index < -0.39 is 11.7 Å². The Hall–Kier alpha value is -2.39. The van der Waals surface area contributed by atoms with Crippen LogP contribution >= 0.6 is 15.9 Å². The minimum atomic E-state index is -0.502. The summed E-state index contributed by atoms with van der Waals surface area (Å²) in [6.45, 7) is -0.128. The van der Waals surface area contributed by atoms with Crippen molar-refractivity contribution in [2.75, 3.05) is 11.9 Å². The Balaban J connectivity index is 2.24. The predicted octanol–water partition coefficient (Wildman–Crippen LogP) is 3.74. The third-order valence-corrected chi connectivity index (χ3v) is 3.29. The van der Waals surface area contributed by atoms with Crippen LogP contribution in [0.3, 0.4) is 0 Å². The smallest absolute Gasteiger partial charge is 0.257 e. The van der Waals surface area contributed by atoms with Gasteiger partial charge in [-0.25, -0.2) is 4.39 Å². The van der Waals surface area contributed by atoms with Crippen molar-refractivity contribution in [1.82, 2.24) is 0 Å². The van der Waals surface area contributed by atoms with Gasteiger partial charge in [-0.3, -0.25) is 4.79 Å². The molecule has 2 rings (SSSR count). The van der Waals surface area contributed by atoms with E-state index in [0.29, 0.717) is 15.9 Å². The molecule has 0 fully saturated rings. The zero-order valence-corrected chi connectivity index (χ0v) is 12.4. The van der Waals surface area contributed by atoms with Gasteiger partial charge in [-0.2, -0.15) is 5.26 Å². The van der Waals surface area contributed by atoms with Crippen molar-refractivity contribution >= 4 is 27.5 Å². The molecule has 106 valence electrons. The maximum atomic E-state index is 13.2. The fourth-order valence-corrected chi connectivity index (χ4v) is 2.09. The average molecular weight is 349 g/mol. The highest BCUT2D eigenvalue weighted by Gasteiger charge is 2.13. The number of hydrogen-bond donors (Lipinski definition) is 1. The number of halogens is 2. The maximum Gasteiger partial charge on any atom is 0.257 e. The van der Waals surface area contributed by atoms with E-state index in [4.69, 9.17) is 10.00 Å². The molecular formula is C15H10BrFN2O2. The summed E-state index contributed by atoms with van der Waals surface area (Å²) in [5.41, 5.74) is 0.582. The lowest BCUT2D eigenvalue weighted by Crippen LogP contribution is -2.14. The predicted molar refractivity (Wildman–Crippen MR) is 79.6 cm³/mol. The number of nitriles is 1. The van der Waals surface area contributed by atoms with Crippen LogP contribution in [0.15, 0.2) is 46.9 Å². The number of carbonyl (C=O) groups is 1. The second-order valence-corrected chi connectivity index (χ2v) is 4.88. The zero-order chi connectivity index (χ0) is 15.2. The first kappa shape index (κ1) is 15.0. The lowest BCUT2D eigenvalue weighted by atomic mass is 10.2. The van der Waals surface area contributed by atoms with Gasteiger partial charge in [0.15, 0.2) is 6.61 Å². The standard InChI is InChI=1S/C15H10BrFN2O2/c16-12-6-5-10(17)9-11(12)15(20)19-13-3-1-2-4-14(13)21-8-7-18/h1-6,9H,8H2,(H,19,20). The number of nitrogens with one attached hydrogen (secondary N) is 1. The third kappa shape index (κ3) is 3.80. The molecule has 1 amide bonds. The van der Waals surface area contributed by atoms with Crippen molar-refractivity contribution in [3.05, 3.63) is 58.3 Å². The average Bonchev–Trinajstić information content (AvgIpc) is 2.48. The van der Waals surface area contributed by atoms with Crippen molar-refractivity contribution in [2.45, 2.75) is 0 Å². The van der Waals surface area contributed by atoms with Crippen LogP contribution in [0.4, 0.5) is 10.1 Å². The Morgan fingerprint density at radius 2 is 2.10 bits per heavy atom. The molecule has 0 heterocycles. The number of hydrogen-bond acceptors (Lipinski definition) is 3. The molecule has 0 saturated carbocycles. The molecule has 0 aliphatic rings. The van der Waals surface area contributed by atoms with Crippen LogP contribution < -0.4 is 10.1 Å². The van der Waals surface area contributed by atoms with Crippen molar-refractivity contribution in [3.8, 4) is 11.8 Å². The van der Waals surface area contributed by atoms with Crippen LogP contribution in [0, 0.1) is 17.1 Å². The van der Waals surface area contributed by atoms with E-state index in [9.17, 15) is 9.18 Å². The second-order valence-electron chi connectivity index (χ2n) is 4.02. The molecule has 4 nitrogen and oxygen atoms in total. The van der Waals surface area contributed by atoms with Gasteiger partial charge in [0.2, 0.25) is 0 Å². The number of ether oxygens (including phenoxy) is 1. The van der Waals surface area contributed by atoms with E-state index in [1.54, 1.807) is 24.3 Å². The highest BCUT2D eigenvalue weighted by atomic mass is 79.9. The number of anilines is 1. The Labute approximate surface area is 129 Å². The van der Waals surface area contributed by atoms with E-state index in [0.717, 1.165) is 6.07 Å². The fourth-order valence-electron chi connectivity index (χ4n) is 1.67. The molecule has 2 aromatic rings. The van der Waals surface area contributed by atoms with Gasteiger partial charge in [0.1, 0.15) is 17.6 Å². The quantitative estimate of drug-likeness (QED) is 0.915. The summed E-state index contributed by atoms with van der Waals surface area (Å²) in [7, 11) is 0. The molecule has 6 heteroatoms. The highest BCUT2D eigenvalue weighted by Crippen LogP contribution is 2.25. The van der Waals surface area contributed by atoms with Gasteiger partial charge in [-0.15, -0.1) is 0 Å². The largest absolute Gasteiger partial charge is 0.477 e. The molecule has 0 aromatic heterocycles. The van der Waals surface area contributed by atoms with Gasteiger partial charge >= 0.3 is 0 Å². The number of rotatable bonds is 4. The number of amides is 1. The molecule has 0 aliphatic carbocycles. The summed E-state index contributed by atoms with van der Waals surface area (Å²) in [6, 6.07) is 12.4. The van der Waals surface area contributed by atoms with Crippen LogP contribution in [0.5, 0.6) is 5.75 Å². The first-order valence-corrected chi connectivity index (χ1v) is 6.76. The molecular weight excluding hydrogens is 339 g/mol. The first-order chi connectivity index (χ1) is 10.1. The number of benzene rings is 2. The topological polar surface area (TPSA) is 62.1 Å². The molecule has 21 heavy (non-hydrogen) atoms. The summed E-state index contributed by atoms with van der Waals surface area (Å²) >= 11 is 3.20. The second kappa shape index (κ2) is 6.86. The Morgan fingerprint density at radius 3 is 2.86 bits per heavy atom. The Morgan fingerprint density at radius 1 is 1.33 bits per heavy atom. The lowest BCUT2D eigenvalue weighted by molar-refractivity contribution is 0.102. The normalized spacial score (nSPS) is 9.76. The molecule has 0 aliphatic heterocycles. The molecule has 0 unspecified atom stereocenters. The molecule has 0 saturated heterocycles. The third-order valence-electron chi connectivity index (χ3n) is 2.60. The SMILES string of the molecule is N#CCOc1ccccc1NC(=O)c1cc(F)ccc1Br. The maximum absolute atomic E-state index is 13.2. The van der Waals surface area contributed by atoms with Crippen molar-refractivity contribution in [3.63, 3.8) is 0 Å². The summed E-state index contributed by atoms with van der Waals surface area (Å²) < 4.78 is 18.9. The van der Waals surface area contributed by atoms with Gasteiger partial charge in [0, 0.05) is 4.47 Å². The highest BCUT2D eigenvalue weighted by molar-refractivity contribution is 9.10. The summed E-state index contributed by atoms with van der Waals surface area (Å²) in [5.74, 6) is -0.605. The van der Waals surface area contributed by atoms with Crippen LogP contribution in [0.1, 0.15) is 10.4 Å². The van der Waals surface area contributed by atoms with Gasteiger partial charge < -0.3 is 10.1 Å². The van der Waals surface area contributed by atoms with E-state index in [1.165, 1.54) is 12.1 Å². The van der Waals surface area contributed by atoms with Crippen LogP contribution in [0.2, 0.25) is 0 Å². The van der Waals surface area contributed by atoms with E-state index >= 15 is 0 Å². The van der Waals surface area contributed by atoms with Crippen LogP contribution in [-0.2, 0) is 0 Å². The molecule has 1 N–H and O–H groups in total. The van der Waals surface area contributed by atoms with Crippen molar-refractivity contribution < 1.29 is 13.9 Å². The zero-order valence-electron chi connectivity index (χ0n) is 10.8. The number of para-hydroxylation sites is 2. The molecule has 0 atom stereocenters. The first-order valence-electron chi connectivity index (χ1n) is 5.97. The van der Waals surface area contributed by atoms with Crippen LogP contribution in [0.25, 0.3) is 0 Å². The summed E-state index contributed by atoms with van der Waals surface area (Å²) in [6.07, 6.45) is 0.